The highest BCUT2D eigenvalue weighted by Crippen LogP contribution is 2.27. The molecular formula is C15H28O3. The lowest BCUT2D eigenvalue weighted by Gasteiger charge is -2.31. The van der Waals surface area contributed by atoms with Gasteiger partial charge < -0.3 is 14.2 Å². The molecule has 3 atom stereocenters. The zero-order valence-corrected chi connectivity index (χ0v) is 12.1. The molecule has 1 aliphatic rings. The molecule has 0 aliphatic heterocycles. The van der Waals surface area contributed by atoms with E-state index in [0.29, 0.717) is 12.0 Å². The maximum atomic E-state index is 6.05. The smallest absolute Gasteiger partial charge is 0.160 e. The van der Waals surface area contributed by atoms with Gasteiger partial charge in [-0.05, 0) is 25.2 Å². The molecule has 1 aliphatic carbocycles. The topological polar surface area (TPSA) is 27.7 Å². The Balaban J connectivity index is 2.25. The Hall–Kier alpha value is -0.380. The minimum Gasteiger partial charge on any atom is -0.384 e. The molecule has 1 rings (SSSR count). The lowest BCUT2D eigenvalue weighted by molar-refractivity contribution is -0.171. The van der Waals surface area contributed by atoms with Gasteiger partial charge in [0, 0.05) is 27.2 Å². The molecule has 18 heavy (non-hydrogen) atoms. The van der Waals surface area contributed by atoms with Crippen LogP contribution in [0.5, 0.6) is 0 Å². The Kier molecular flexibility index (Phi) is 8.31. The van der Waals surface area contributed by atoms with Crippen molar-refractivity contribution in [2.24, 2.45) is 5.92 Å². The van der Waals surface area contributed by atoms with Gasteiger partial charge in [0.2, 0.25) is 0 Å². The summed E-state index contributed by atoms with van der Waals surface area (Å²) in [6.45, 7) is 3.06. The first-order valence-electron chi connectivity index (χ1n) is 7.10. The van der Waals surface area contributed by atoms with Gasteiger partial charge in [-0.1, -0.05) is 31.9 Å². The van der Waals surface area contributed by atoms with Crippen LogP contribution in [0.2, 0.25) is 0 Å². The second kappa shape index (κ2) is 9.54. The summed E-state index contributed by atoms with van der Waals surface area (Å²) >= 11 is 0. The van der Waals surface area contributed by atoms with E-state index in [2.05, 4.69) is 19.1 Å². The largest absolute Gasteiger partial charge is 0.384 e. The summed E-state index contributed by atoms with van der Waals surface area (Å²) in [5.74, 6) is 0.661. The molecule has 106 valence electrons. The fraction of sp³-hybridized carbons (Fsp3) is 0.867. The molecular weight excluding hydrogens is 228 g/mol. The van der Waals surface area contributed by atoms with Gasteiger partial charge in [-0.3, -0.25) is 0 Å². The lowest BCUT2D eigenvalue weighted by Crippen LogP contribution is -2.31. The SMILES string of the molecule is COCC/C=C\CC(OC)O[C@@H]1CCCC[C@@H]1C. The van der Waals surface area contributed by atoms with Gasteiger partial charge in [-0.15, -0.1) is 0 Å². The van der Waals surface area contributed by atoms with E-state index in [0.717, 1.165) is 19.4 Å². The number of ether oxygens (including phenoxy) is 3. The van der Waals surface area contributed by atoms with Crippen LogP contribution in [0.15, 0.2) is 12.2 Å². The molecule has 0 spiro atoms. The van der Waals surface area contributed by atoms with Crippen LogP contribution in [0.1, 0.15) is 45.4 Å². The third kappa shape index (κ3) is 5.98. The van der Waals surface area contributed by atoms with Gasteiger partial charge in [-0.25, -0.2) is 0 Å². The molecule has 0 N–H and O–H groups in total. The van der Waals surface area contributed by atoms with Crippen LogP contribution in [0.25, 0.3) is 0 Å². The Morgan fingerprint density at radius 3 is 2.61 bits per heavy atom. The monoisotopic (exact) mass is 256 g/mol. The van der Waals surface area contributed by atoms with Gasteiger partial charge in [0.15, 0.2) is 6.29 Å². The second-order valence-corrected chi connectivity index (χ2v) is 5.09. The van der Waals surface area contributed by atoms with Crippen molar-refractivity contribution in [1.82, 2.24) is 0 Å². The Bertz CT molecular complexity index is 228. The van der Waals surface area contributed by atoms with E-state index >= 15 is 0 Å². The molecule has 3 heteroatoms. The summed E-state index contributed by atoms with van der Waals surface area (Å²) in [5.41, 5.74) is 0. The maximum absolute atomic E-state index is 6.05. The molecule has 0 aromatic carbocycles. The molecule has 0 amide bonds. The average molecular weight is 256 g/mol. The van der Waals surface area contributed by atoms with Crippen molar-refractivity contribution in [3.8, 4) is 0 Å². The highest BCUT2D eigenvalue weighted by atomic mass is 16.7. The zero-order valence-electron chi connectivity index (χ0n) is 12.1. The van der Waals surface area contributed by atoms with Gasteiger partial charge in [0.05, 0.1) is 6.10 Å². The summed E-state index contributed by atoms with van der Waals surface area (Å²) in [6, 6.07) is 0. The molecule has 0 heterocycles. The van der Waals surface area contributed by atoms with Gasteiger partial charge in [-0.2, -0.15) is 0 Å². The molecule has 0 aromatic rings. The molecule has 1 fully saturated rings. The van der Waals surface area contributed by atoms with E-state index in [1.54, 1.807) is 14.2 Å². The van der Waals surface area contributed by atoms with Crippen molar-refractivity contribution >= 4 is 0 Å². The van der Waals surface area contributed by atoms with Gasteiger partial charge in [0.25, 0.3) is 0 Å². The van der Waals surface area contributed by atoms with Crippen LogP contribution in [-0.2, 0) is 14.2 Å². The molecule has 0 aromatic heterocycles. The van der Waals surface area contributed by atoms with Crippen molar-refractivity contribution in [1.29, 1.82) is 0 Å². The van der Waals surface area contributed by atoms with E-state index in [4.69, 9.17) is 14.2 Å². The molecule has 0 saturated heterocycles. The molecule has 0 radical (unpaired) electrons. The number of hydrogen-bond acceptors (Lipinski definition) is 3. The summed E-state index contributed by atoms with van der Waals surface area (Å²) in [5, 5.41) is 0. The minimum atomic E-state index is -0.102. The van der Waals surface area contributed by atoms with Crippen molar-refractivity contribution in [2.75, 3.05) is 20.8 Å². The fourth-order valence-corrected chi connectivity index (χ4v) is 2.40. The van der Waals surface area contributed by atoms with Gasteiger partial charge >= 0.3 is 0 Å². The minimum absolute atomic E-state index is 0.102. The normalized spacial score (nSPS) is 26.6. The van der Waals surface area contributed by atoms with Crippen molar-refractivity contribution in [3.05, 3.63) is 12.2 Å². The van der Waals surface area contributed by atoms with Crippen molar-refractivity contribution in [3.63, 3.8) is 0 Å². The van der Waals surface area contributed by atoms with Crippen LogP contribution in [0.4, 0.5) is 0 Å². The summed E-state index contributed by atoms with van der Waals surface area (Å²) in [7, 11) is 3.44. The van der Waals surface area contributed by atoms with Crippen molar-refractivity contribution < 1.29 is 14.2 Å². The maximum Gasteiger partial charge on any atom is 0.160 e. The number of rotatable bonds is 8. The predicted molar refractivity (Wildman–Crippen MR) is 73.6 cm³/mol. The molecule has 1 saturated carbocycles. The molecule has 3 nitrogen and oxygen atoms in total. The number of hydrogen-bond donors (Lipinski definition) is 0. The fourth-order valence-electron chi connectivity index (χ4n) is 2.40. The van der Waals surface area contributed by atoms with E-state index in [9.17, 15) is 0 Å². The lowest BCUT2D eigenvalue weighted by atomic mass is 9.88. The third-order valence-electron chi connectivity index (χ3n) is 3.61. The molecule has 0 bridgehead atoms. The van der Waals surface area contributed by atoms with E-state index in [1.165, 1.54) is 25.7 Å². The Morgan fingerprint density at radius 1 is 1.17 bits per heavy atom. The Morgan fingerprint density at radius 2 is 1.94 bits per heavy atom. The van der Waals surface area contributed by atoms with Crippen LogP contribution >= 0.6 is 0 Å². The van der Waals surface area contributed by atoms with Crippen molar-refractivity contribution in [2.45, 2.75) is 57.8 Å². The predicted octanol–water partition coefficient (Wildman–Crippen LogP) is 3.54. The van der Waals surface area contributed by atoms with Crippen LogP contribution in [-0.4, -0.2) is 33.2 Å². The first-order valence-corrected chi connectivity index (χ1v) is 7.10. The second-order valence-electron chi connectivity index (χ2n) is 5.09. The van der Waals surface area contributed by atoms with E-state index in [1.807, 2.05) is 0 Å². The van der Waals surface area contributed by atoms with Gasteiger partial charge in [0.1, 0.15) is 0 Å². The van der Waals surface area contributed by atoms with Crippen LogP contribution in [0.3, 0.4) is 0 Å². The van der Waals surface area contributed by atoms with Crippen LogP contribution in [0, 0.1) is 5.92 Å². The van der Waals surface area contributed by atoms with Crippen LogP contribution < -0.4 is 0 Å². The summed E-state index contributed by atoms with van der Waals surface area (Å²) in [6.07, 6.45) is 11.4. The average Bonchev–Trinajstić information content (AvgIpc) is 2.39. The zero-order chi connectivity index (χ0) is 13.2. The highest BCUT2D eigenvalue weighted by Gasteiger charge is 2.24. The standard InChI is InChI=1S/C15H28O3/c1-13-9-6-7-10-14(13)18-15(17-3)11-5-4-8-12-16-2/h4-5,13-15H,6-12H2,1-3H3/b5-4-/t13-,14+,15?/m0/s1. The number of methoxy groups -OCH3 is 2. The Labute approximate surface area is 111 Å². The first-order chi connectivity index (χ1) is 8.77. The highest BCUT2D eigenvalue weighted by molar-refractivity contribution is 4.83. The summed E-state index contributed by atoms with van der Waals surface area (Å²) in [4.78, 5) is 0. The van der Waals surface area contributed by atoms with E-state index < -0.39 is 0 Å². The quantitative estimate of drug-likeness (QED) is 0.378. The molecule has 1 unspecified atom stereocenters. The van der Waals surface area contributed by atoms with E-state index in [-0.39, 0.29) is 6.29 Å². The first kappa shape index (κ1) is 15.7. The summed E-state index contributed by atoms with van der Waals surface area (Å²) < 4.78 is 16.5. The third-order valence-corrected chi connectivity index (χ3v) is 3.61.